The molecule has 0 aromatic heterocycles. The average molecular weight is 243 g/mol. The highest BCUT2D eigenvalue weighted by atomic mass is 16.3. The number of rotatable bonds is 8. The van der Waals surface area contributed by atoms with Gasteiger partial charge in [0.25, 0.3) is 0 Å². The van der Waals surface area contributed by atoms with E-state index in [4.69, 9.17) is 0 Å². The largest absolute Gasteiger partial charge is 0.390 e. The van der Waals surface area contributed by atoms with Gasteiger partial charge in [-0.15, -0.1) is 0 Å². The van der Waals surface area contributed by atoms with Gasteiger partial charge in [-0.3, -0.25) is 4.90 Å². The summed E-state index contributed by atoms with van der Waals surface area (Å²) in [6, 6.07) is 0.691. The smallest absolute Gasteiger partial charge is 0.0791 e. The number of likely N-dealkylation sites (tertiary alicyclic amines) is 1. The lowest BCUT2D eigenvalue weighted by Gasteiger charge is -2.28. The zero-order valence-electron chi connectivity index (χ0n) is 11.7. The molecule has 17 heavy (non-hydrogen) atoms. The van der Waals surface area contributed by atoms with E-state index in [1.165, 1.54) is 19.4 Å². The SMILES string of the molecule is CCNCC(O)CN(C)CC1CCCN1CC. The number of likely N-dealkylation sites (N-methyl/N-ethyl adjacent to an activating group) is 3. The van der Waals surface area contributed by atoms with E-state index in [0.29, 0.717) is 12.6 Å². The predicted octanol–water partition coefficient (Wildman–Crippen LogP) is 0.373. The molecule has 4 heteroatoms. The number of hydrogen-bond acceptors (Lipinski definition) is 4. The highest BCUT2D eigenvalue weighted by Gasteiger charge is 2.24. The first-order valence-corrected chi connectivity index (χ1v) is 6.98. The van der Waals surface area contributed by atoms with Crippen molar-refractivity contribution < 1.29 is 5.11 Å². The second-order valence-corrected chi connectivity index (χ2v) is 5.11. The summed E-state index contributed by atoms with van der Waals surface area (Å²) in [5.41, 5.74) is 0. The molecule has 4 nitrogen and oxygen atoms in total. The van der Waals surface area contributed by atoms with E-state index in [-0.39, 0.29) is 6.10 Å². The zero-order chi connectivity index (χ0) is 12.7. The van der Waals surface area contributed by atoms with Crippen LogP contribution in [0, 0.1) is 0 Å². The van der Waals surface area contributed by atoms with E-state index in [1.54, 1.807) is 0 Å². The van der Waals surface area contributed by atoms with E-state index in [0.717, 1.165) is 26.2 Å². The third kappa shape index (κ3) is 5.34. The van der Waals surface area contributed by atoms with E-state index in [9.17, 15) is 5.11 Å². The minimum Gasteiger partial charge on any atom is -0.390 e. The fourth-order valence-electron chi connectivity index (χ4n) is 2.69. The molecule has 1 fully saturated rings. The van der Waals surface area contributed by atoms with Crippen LogP contribution in [0.2, 0.25) is 0 Å². The van der Waals surface area contributed by atoms with Crippen LogP contribution >= 0.6 is 0 Å². The summed E-state index contributed by atoms with van der Waals surface area (Å²) in [7, 11) is 2.11. The van der Waals surface area contributed by atoms with Crippen LogP contribution in [0.1, 0.15) is 26.7 Å². The van der Waals surface area contributed by atoms with Crippen molar-refractivity contribution in [2.45, 2.75) is 38.8 Å². The molecular weight excluding hydrogens is 214 g/mol. The number of hydrogen-bond donors (Lipinski definition) is 2. The van der Waals surface area contributed by atoms with Crippen LogP contribution in [0.15, 0.2) is 0 Å². The molecule has 102 valence electrons. The summed E-state index contributed by atoms with van der Waals surface area (Å²) < 4.78 is 0. The summed E-state index contributed by atoms with van der Waals surface area (Å²) >= 11 is 0. The maximum absolute atomic E-state index is 9.83. The number of nitrogens with one attached hydrogen (secondary N) is 1. The van der Waals surface area contributed by atoms with Crippen molar-refractivity contribution in [3.05, 3.63) is 0 Å². The van der Waals surface area contributed by atoms with E-state index in [2.05, 4.69) is 36.0 Å². The van der Waals surface area contributed by atoms with E-state index >= 15 is 0 Å². The Morgan fingerprint density at radius 2 is 2.24 bits per heavy atom. The minimum absolute atomic E-state index is 0.253. The fraction of sp³-hybridized carbons (Fsp3) is 1.00. The summed E-state index contributed by atoms with van der Waals surface area (Å²) in [5, 5.41) is 13.0. The Kier molecular flexibility index (Phi) is 7.04. The van der Waals surface area contributed by atoms with Crippen LogP contribution in [0.5, 0.6) is 0 Å². The van der Waals surface area contributed by atoms with Gasteiger partial charge in [0.2, 0.25) is 0 Å². The summed E-state index contributed by atoms with van der Waals surface area (Å²) in [6.07, 6.45) is 2.38. The normalized spacial score (nSPS) is 23.5. The van der Waals surface area contributed by atoms with Crippen LogP contribution in [0.4, 0.5) is 0 Å². The monoisotopic (exact) mass is 243 g/mol. The van der Waals surface area contributed by atoms with Crippen molar-refractivity contribution in [2.75, 3.05) is 46.3 Å². The quantitative estimate of drug-likeness (QED) is 0.646. The second kappa shape index (κ2) is 8.03. The van der Waals surface area contributed by atoms with Gasteiger partial charge in [0.05, 0.1) is 6.10 Å². The molecule has 2 unspecified atom stereocenters. The zero-order valence-corrected chi connectivity index (χ0v) is 11.7. The third-order valence-corrected chi connectivity index (χ3v) is 3.58. The summed E-state index contributed by atoms with van der Waals surface area (Å²) in [4.78, 5) is 4.81. The summed E-state index contributed by atoms with van der Waals surface area (Å²) in [6.45, 7) is 10.2. The summed E-state index contributed by atoms with van der Waals surface area (Å²) in [5.74, 6) is 0. The molecule has 1 aliphatic rings. The Morgan fingerprint density at radius 1 is 1.47 bits per heavy atom. The predicted molar refractivity (Wildman–Crippen MR) is 72.3 cm³/mol. The molecule has 1 rings (SSSR count). The van der Waals surface area contributed by atoms with Crippen LogP contribution in [-0.4, -0.2) is 73.4 Å². The second-order valence-electron chi connectivity index (χ2n) is 5.11. The molecule has 0 aromatic rings. The van der Waals surface area contributed by atoms with Gasteiger partial charge in [-0.25, -0.2) is 0 Å². The van der Waals surface area contributed by atoms with Crippen LogP contribution in [-0.2, 0) is 0 Å². The molecule has 0 spiro atoms. The first kappa shape index (κ1) is 14.9. The first-order chi connectivity index (χ1) is 8.17. The highest BCUT2D eigenvalue weighted by Crippen LogP contribution is 2.17. The maximum atomic E-state index is 9.83. The molecule has 0 saturated carbocycles. The van der Waals surface area contributed by atoms with Crippen molar-refractivity contribution in [1.29, 1.82) is 0 Å². The van der Waals surface area contributed by atoms with Gasteiger partial charge in [0.15, 0.2) is 0 Å². The Bertz CT molecular complexity index is 201. The van der Waals surface area contributed by atoms with E-state index in [1.807, 2.05) is 0 Å². The van der Waals surface area contributed by atoms with Crippen LogP contribution in [0.3, 0.4) is 0 Å². The van der Waals surface area contributed by atoms with Crippen molar-refractivity contribution in [1.82, 2.24) is 15.1 Å². The highest BCUT2D eigenvalue weighted by molar-refractivity contribution is 4.81. The molecule has 2 atom stereocenters. The third-order valence-electron chi connectivity index (χ3n) is 3.58. The van der Waals surface area contributed by atoms with Crippen molar-refractivity contribution in [3.63, 3.8) is 0 Å². The lowest BCUT2D eigenvalue weighted by molar-refractivity contribution is 0.108. The van der Waals surface area contributed by atoms with Crippen molar-refractivity contribution in [2.24, 2.45) is 0 Å². The van der Waals surface area contributed by atoms with Gasteiger partial charge in [0, 0.05) is 25.7 Å². The molecule has 0 amide bonds. The Balaban J connectivity index is 2.21. The van der Waals surface area contributed by atoms with E-state index < -0.39 is 0 Å². The van der Waals surface area contributed by atoms with Gasteiger partial charge < -0.3 is 15.3 Å². The first-order valence-electron chi connectivity index (χ1n) is 6.98. The Labute approximate surface area is 106 Å². The number of aliphatic hydroxyl groups excluding tert-OH is 1. The average Bonchev–Trinajstić information content (AvgIpc) is 2.73. The van der Waals surface area contributed by atoms with Crippen molar-refractivity contribution >= 4 is 0 Å². The van der Waals surface area contributed by atoms with Crippen LogP contribution in [0.25, 0.3) is 0 Å². The lowest BCUT2D eigenvalue weighted by Crippen LogP contribution is -2.43. The Hall–Kier alpha value is -0.160. The fourth-order valence-corrected chi connectivity index (χ4v) is 2.69. The number of aliphatic hydroxyl groups is 1. The molecule has 1 aliphatic heterocycles. The van der Waals surface area contributed by atoms with Crippen molar-refractivity contribution in [3.8, 4) is 0 Å². The van der Waals surface area contributed by atoms with Gasteiger partial charge in [-0.2, -0.15) is 0 Å². The maximum Gasteiger partial charge on any atom is 0.0791 e. The molecule has 2 N–H and O–H groups in total. The Morgan fingerprint density at radius 3 is 2.88 bits per heavy atom. The topological polar surface area (TPSA) is 38.7 Å². The number of nitrogens with zero attached hydrogens (tertiary/aromatic N) is 2. The molecular formula is C13H29N3O. The molecule has 0 bridgehead atoms. The lowest BCUT2D eigenvalue weighted by atomic mass is 10.2. The molecule has 1 saturated heterocycles. The van der Waals surface area contributed by atoms with Crippen LogP contribution < -0.4 is 5.32 Å². The molecule has 0 aromatic carbocycles. The van der Waals surface area contributed by atoms with Gasteiger partial charge in [-0.05, 0) is 39.5 Å². The van der Waals surface area contributed by atoms with Gasteiger partial charge in [-0.1, -0.05) is 13.8 Å². The van der Waals surface area contributed by atoms with Gasteiger partial charge in [0.1, 0.15) is 0 Å². The minimum atomic E-state index is -0.253. The molecule has 1 heterocycles. The van der Waals surface area contributed by atoms with Gasteiger partial charge >= 0.3 is 0 Å². The molecule has 0 aliphatic carbocycles. The standard InChI is InChI=1S/C13H29N3O/c1-4-14-9-13(17)11-15(3)10-12-7-6-8-16(12)5-2/h12-14,17H,4-11H2,1-3H3. The molecule has 0 radical (unpaired) electrons.